The molecule has 1 aliphatic heterocycles. The van der Waals surface area contributed by atoms with E-state index in [-0.39, 0.29) is 17.8 Å². The third-order valence-electron chi connectivity index (χ3n) is 6.85. The van der Waals surface area contributed by atoms with Gasteiger partial charge in [-0.2, -0.15) is 0 Å². The molecule has 0 unspecified atom stereocenters. The molecule has 1 saturated heterocycles. The predicted octanol–water partition coefficient (Wildman–Crippen LogP) is 4.73. The highest BCUT2D eigenvalue weighted by molar-refractivity contribution is 5.88. The summed E-state index contributed by atoms with van der Waals surface area (Å²) >= 11 is 0. The Kier molecular flexibility index (Phi) is 6.00. The largest absolute Gasteiger partial charge is 0.353 e. The maximum Gasteiger partial charge on any atom is 0.230 e. The highest BCUT2D eigenvalue weighted by Gasteiger charge is 2.43. The van der Waals surface area contributed by atoms with Crippen LogP contribution in [0.1, 0.15) is 55.2 Å². The molecule has 1 N–H and O–H groups in total. The van der Waals surface area contributed by atoms with Gasteiger partial charge in [-0.05, 0) is 61.4 Å². The van der Waals surface area contributed by atoms with Crippen LogP contribution in [0.2, 0.25) is 0 Å². The molecule has 0 bridgehead atoms. The normalized spacial score (nSPS) is 19.9. The van der Waals surface area contributed by atoms with E-state index in [1.807, 2.05) is 6.07 Å². The summed E-state index contributed by atoms with van der Waals surface area (Å²) < 4.78 is 13.8. The molecule has 4 rings (SSSR count). The first-order valence-electron chi connectivity index (χ1n) is 10.9. The Morgan fingerprint density at radius 1 is 1.10 bits per heavy atom. The van der Waals surface area contributed by atoms with Gasteiger partial charge in [0.15, 0.2) is 0 Å². The van der Waals surface area contributed by atoms with Crippen LogP contribution in [-0.4, -0.2) is 29.9 Å². The zero-order chi connectivity index (χ0) is 20.3. The summed E-state index contributed by atoms with van der Waals surface area (Å²) in [6.07, 6.45) is 5.62. The van der Waals surface area contributed by atoms with Crippen LogP contribution < -0.4 is 5.32 Å². The lowest BCUT2D eigenvalue weighted by Gasteiger charge is -2.35. The molecular formula is C25H31FN2O. The van der Waals surface area contributed by atoms with E-state index in [9.17, 15) is 9.18 Å². The highest BCUT2D eigenvalue weighted by Crippen LogP contribution is 2.41. The Balaban J connectivity index is 1.37. The number of rotatable bonds is 5. The van der Waals surface area contributed by atoms with Gasteiger partial charge in [0.05, 0.1) is 5.41 Å². The number of halogens is 1. The summed E-state index contributed by atoms with van der Waals surface area (Å²) in [7, 11) is 0. The summed E-state index contributed by atoms with van der Waals surface area (Å²) in [6.45, 7) is 5.12. The molecule has 0 aromatic heterocycles. The van der Waals surface area contributed by atoms with Crippen molar-refractivity contribution >= 4 is 5.91 Å². The highest BCUT2D eigenvalue weighted by atomic mass is 19.1. The van der Waals surface area contributed by atoms with Crippen molar-refractivity contribution in [1.82, 2.24) is 10.2 Å². The summed E-state index contributed by atoms with van der Waals surface area (Å²) in [5.74, 6) is -0.163. The minimum Gasteiger partial charge on any atom is -0.353 e. The second-order valence-corrected chi connectivity index (χ2v) is 8.75. The molecule has 2 aromatic carbocycles. The van der Waals surface area contributed by atoms with Crippen LogP contribution in [0, 0.1) is 12.7 Å². The van der Waals surface area contributed by atoms with Crippen LogP contribution in [0.3, 0.4) is 0 Å². The lowest BCUT2D eigenvalue weighted by atomic mass is 9.77. The van der Waals surface area contributed by atoms with Gasteiger partial charge in [0.1, 0.15) is 5.82 Å². The van der Waals surface area contributed by atoms with Crippen LogP contribution in [0.25, 0.3) is 0 Å². The zero-order valence-corrected chi connectivity index (χ0v) is 17.3. The monoisotopic (exact) mass is 394 g/mol. The van der Waals surface area contributed by atoms with Gasteiger partial charge < -0.3 is 5.32 Å². The van der Waals surface area contributed by atoms with Crippen molar-refractivity contribution in [2.75, 3.05) is 13.1 Å². The van der Waals surface area contributed by atoms with Crippen molar-refractivity contribution in [3.05, 3.63) is 71.0 Å². The van der Waals surface area contributed by atoms with E-state index in [1.54, 1.807) is 12.1 Å². The molecule has 1 aliphatic carbocycles. The Morgan fingerprint density at radius 3 is 2.52 bits per heavy atom. The van der Waals surface area contributed by atoms with E-state index in [4.69, 9.17) is 0 Å². The van der Waals surface area contributed by atoms with E-state index in [1.165, 1.54) is 17.2 Å². The van der Waals surface area contributed by atoms with Gasteiger partial charge in [0.25, 0.3) is 0 Å². The van der Waals surface area contributed by atoms with Crippen molar-refractivity contribution in [3.63, 3.8) is 0 Å². The van der Waals surface area contributed by atoms with E-state index < -0.39 is 5.41 Å². The number of carbonyl (C=O) groups excluding carboxylic acids is 1. The lowest BCUT2D eigenvalue weighted by Crippen LogP contribution is -2.50. The minimum absolute atomic E-state index is 0.0953. The topological polar surface area (TPSA) is 32.3 Å². The number of likely N-dealkylation sites (tertiary alicyclic amines) is 1. The molecule has 2 aliphatic rings. The fourth-order valence-corrected chi connectivity index (χ4v) is 5.00. The average molecular weight is 395 g/mol. The number of hydrogen-bond acceptors (Lipinski definition) is 2. The van der Waals surface area contributed by atoms with E-state index >= 15 is 0 Å². The van der Waals surface area contributed by atoms with Crippen LogP contribution in [-0.2, 0) is 16.8 Å². The first kappa shape index (κ1) is 20.1. The van der Waals surface area contributed by atoms with Crippen LogP contribution in [0.4, 0.5) is 4.39 Å². The molecule has 0 radical (unpaired) electrons. The molecule has 154 valence electrons. The molecule has 0 atom stereocenters. The van der Waals surface area contributed by atoms with Crippen LogP contribution in [0.15, 0.2) is 48.5 Å². The van der Waals surface area contributed by atoms with Gasteiger partial charge in [-0.1, -0.05) is 49.2 Å². The van der Waals surface area contributed by atoms with Crippen molar-refractivity contribution in [1.29, 1.82) is 0 Å². The first-order chi connectivity index (χ1) is 14.1. The zero-order valence-electron chi connectivity index (χ0n) is 17.3. The summed E-state index contributed by atoms with van der Waals surface area (Å²) in [6, 6.07) is 15.4. The third-order valence-corrected chi connectivity index (χ3v) is 6.85. The molecular weight excluding hydrogens is 363 g/mol. The van der Waals surface area contributed by atoms with Gasteiger partial charge in [-0.3, -0.25) is 9.69 Å². The fraction of sp³-hybridized carbons (Fsp3) is 0.480. The molecule has 1 amide bonds. The van der Waals surface area contributed by atoms with Gasteiger partial charge in [-0.25, -0.2) is 4.39 Å². The SMILES string of the molecule is Cc1ccccc1CN1CCC(NC(=O)C2(c3cccc(F)c3)CCCC2)CC1. The number of amides is 1. The molecule has 2 fully saturated rings. The maximum atomic E-state index is 13.8. The molecule has 29 heavy (non-hydrogen) atoms. The number of nitrogens with zero attached hydrogens (tertiary/aromatic N) is 1. The predicted molar refractivity (Wildman–Crippen MR) is 114 cm³/mol. The maximum absolute atomic E-state index is 13.8. The number of benzene rings is 2. The summed E-state index contributed by atoms with van der Waals surface area (Å²) in [5, 5.41) is 3.33. The van der Waals surface area contributed by atoms with Crippen LogP contribution >= 0.6 is 0 Å². The Bertz CT molecular complexity index is 851. The number of aryl methyl sites for hydroxylation is 1. The Hall–Kier alpha value is -2.20. The quantitative estimate of drug-likeness (QED) is 0.795. The number of piperidine rings is 1. The van der Waals surface area contributed by atoms with E-state index in [2.05, 4.69) is 41.4 Å². The van der Waals surface area contributed by atoms with Crippen LogP contribution in [0.5, 0.6) is 0 Å². The standard InChI is InChI=1S/C25H31FN2O/c1-19-7-2-3-8-20(19)18-28-15-11-23(12-16-28)27-24(29)25(13-4-5-14-25)21-9-6-10-22(26)17-21/h2-3,6-10,17,23H,4-5,11-16,18H2,1H3,(H,27,29). The molecule has 1 saturated carbocycles. The first-order valence-corrected chi connectivity index (χ1v) is 10.9. The average Bonchev–Trinajstić information content (AvgIpc) is 3.22. The molecule has 2 aromatic rings. The van der Waals surface area contributed by atoms with Gasteiger partial charge in [0.2, 0.25) is 5.91 Å². The number of hydrogen-bond donors (Lipinski definition) is 1. The second-order valence-electron chi connectivity index (χ2n) is 8.75. The van der Waals surface area contributed by atoms with Gasteiger partial charge in [0, 0.05) is 25.7 Å². The third kappa shape index (κ3) is 4.37. The Morgan fingerprint density at radius 2 is 1.83 bits per heavy atom. The Labute approximate surface area is 173 Å². The summed E-state index contributed by atoms with van der Waals surface area (Å²) in [5.41, 5.74) is 3.00. The van der Waals surface area contributed by atoms with Crippen molar-refractivity contribution in [2.24, 2.45) is 0 Å². The second kappa shape index (κ2) is 8.66. The van der Waals surface area contributed by atoms with Crippen molar-refractivity contribution < 1.29 is 9.18 Å². The molecule has 0 spiro atoms. The van der Waals surface area contributed by atoms with E-state index in [0.717, 1.165) is 63.7 Å². The molecule has 4 heteroatoms. The van der Waals surface area contributed by atoms with Crippen molar-refractivity contribution in [3.8, 4) is 0 Å². The minimum atomic E-state index is -0.555. The fourth-order valence-electron chi connectivity index (χ4n) is 5.00. The molecule has 3 nitrogen and oxygen atoms in total. The number of nitrogens with one attached hydrogen (secondary N) is 1. The van der Waals surface area contributed by atoms with Gasteiger partial charge in [-0.15, -0.1) is 0 Å². The summed E-state index contributed by atoms with van der Waals surface area (Å²) in [4.78, 5) is 15.8. The smallest absolute Gasteiger partial charge is 0.230 e. The van der Waals surface area contributed by atoms with E-state index in [0.29, 0.717) is 0 Å². The molecule has 1 heterocycles. The lowest BCUT2D eigenvalue weighted by molar-refractivity contribution is -0.127. The van der Waals surface area contributed by atoms with Crippen molar-refractivity contribution in [2.45, 2.75) is 63.5 Å². The van der Waals surface area contributed by atoms with Gasteiger partial charge >= 0.3 is 0 Å². The number of carbonyl (C=O) groups is 1.